The summed E-state index contributed by atoms with van der Waals surface area (Å²) in [6, 6.07) is 178. The molecule has 0 fully saturated rings. The van der Waals surface area contributed by atoms with Crippen molar-refractivity contribution < 1.29 is 0 Å². The van der Waals surface area contributed by atoms with Crippen molar-refractivity contribution in [2.75, 3.05) is 0 Å². The van der Waals surface area contributed by atoms with Crippen LogP contribution >= 0.6 is 0 Å². The molecule has 28 rings (SSSR count). The Balaban J connectivity index is 0.000000114. The quantitative estimate of drug-likeness (QED) is 0.0839. The van der Waals surface area contributed by atoms with Gasteiger partial charge in [-0.25, -0.2) is 54.8 Å². The van der Waals surface area contributed by atoms with Crippen LogP contribution in [0.1, 0.15) is 0 Å². The normalized spacial score (nSPS) is 11.3. The molecule has 0 saturated carbocycles. The van der Waals surface area contributed by atoms with Gasteiger partial charge in [-0.1, -0.05) is 431 Å². The molecule has 0 radical (unpaired) electrons. The van der Waals surface area contributed by atoms with Crippen LogP contribution in [0, 0.1) is 0 Å². The molecule has 0 aliphatic carbocycles. The van der Waals surface area contributed by atoms with Crippen molar-refractivity contribution in [1.82, 2.24) is 64.8 Å². The molecule has 28 aromatic rings. The second-order valence-electron chi connectivity index (χ2n) is 37.2. The molecule has 18 aromatic carbocycles. The maximum atomic E-state index is 5.28. The number of rotatable bonds is 16. The molecule has 13 nitrogen and oxygen atoms in total. The SMILES string of the molecule is c1ccc(-c2ccc(-c3cc(-c4ccc(-c5ccc6cc(-c7ccc8ccc9cccnc9c8n7)ccc6c5)cc4)nc(-c4ccccc4)n3)cc2)cc1.c1ccc(-c2ccc3ccc4ccc(-c5ccc(-c6ccc(-c7nc(-c8ccccc8)nc(-c8ccccc8)n7)cc6)c6ccccc56)nc4c3n2)cc1.c1ccc(-c2ccc3ccc4ccc(-c5ccc(-c6ccc7nc(-c8ccccn8)ccc7c6)cc5)nc4c3n2)cc1. The van der Waals surface area contributed by atoms with Crippen LogP contribution in [0.2, 0.25) is 0 Å². The Kier molecular flexibility index (Phi) is 23.7. The molecular weight excluding hydrogens is 1830 g/mol. The van der Waals surface area contributed by atoms with Gasteiger partial charge in [0.25, 0.3) is 0 Å². The molecular formula is C137H87N13. The minimum Gasteiger partial charge on any atom is -0.255 e. The highest BCUT2D eigenvalue weighted by atomic mass is 15.0. The molecule has 10 heterocycles. The fraction of sp³-hybridized carbons (Fsp3) is 0. The van der Waals surface area contributed by atoms with Crippen LogP contribution in [0.25, 0.3) is 278 Å². The summed E-state index contributed by atoms with van der Waals surface area (Å²) in [5.74, 6) is 2.63. The Labute approximate surface area is 864 Å². The number of pyridine rings is 8. The topological polar surface area (TPSA) is 168 Å². The predicted molar refractivity (Wildman–Crippen MR) is 615 cm³/mol. The van der Waals surface area contributed by atoms with Gasteiger partial charge in [0, 0.05) is 111 Å². The fourth-order valence-corrected chi connectivity index (χ4v) is 19.9. The number of aromatic nitrogens is 13. The average Bonchev–Trinajstić information content (AvgIpc) is 0.754. The molecule has 0 aliphatic rings. The summed E-state index contributed by atoms with van der Waals surface area (Å²) in [7, 11) is 0. The Morgan fingerprint density at radius 2 is 0.400 bits per heavy atom. The largest absolute Gasteiger partial charge is 0.255 e. The minimum absolute atomic E-state index is 0.634. The molecule has 0 atom stereocenters. The Hall–Kier alpha value is -20.4. The van der Waals surface area contributed by atoms with Crippen molar-refractivity contribution in [2.24, 2.45) is 0 Å². The highest BCUT2D eigenvalue weighted by Crippen LogP contribution is 2.42. The molecule has 0 aliphatic heterocycles. The summed E-state index contributed by atoms with van der Waals surface area (Å²) in [6.45, 7) is 0. The fourth-order valence-electron chi connectivity index (χ4n) is 19.9. The van der Waals surface area contributed by atoms with E-state index in [1.807, 2.05) is 158 Å². The van der Waals surface area contributed by atoms with Gasteiger partial charge >= 0.3 is 0 Å². The summed E-state index contributed by atoms with van der Waals surface area (Å²) in [5.41, 5.74) is 35.2. The lowest BCUT2D eigenvalue weighted by atomic mass is 9.93. The van der Waals surface area contributed by atoms with Crippen LogP contribution in [0.4, 0.5) is 0 Å². The summed E-state index contributed by atoms with van der Waals surface area (Å²) >= 11 is 0. The van der Waals surface area contributed by atoms with Crippen molar-refractivity contribution in [3.8, 4) is 180 Å². The Bertz CT molecular complexity index is 9900. The first-order valence-electron chi connectivity index (χ1n) is 50.1. The van der Waals surface area contributed by atoms with Crippen LogP contribution in [0.15, 0.2) is 528 Å². The standard InChI is InChI=1S/C50H32N4.C49H31N5.C38H24N4/c1-3-8-33(9-4-1)34-13-17-36(18-14-34)46-32-47(54-50(53-46)40-10-5-2-6-11-40)37-19-15-35(16-20-37)41-23-24-43-31-44(26-25-42(43)30-41)45-28-27-39-22-21-38-12-7-29-51-48(38)49(39)52-45;1-4-12-33(13-5-1)43-30-26-34-22-23-35-27-31-44(51-46(35)45(34)50-43)42-29-28-39(40-18-10-11-19-41(40)42)32-20-24-38(25-21-32)49-53-47(36-14-6-2-7-15-36)52-48(54-49)37-16-8-3-9-17-37;1-2-6-26(7-3-1)32-19-15-28-13-14-29-16-20-33(42-38(29)37(28)41-32)27-11-9-25(10-12-27)30-17-21-34-31(24-30)18-22-36(40-34)35-8-4-5-23-39-35/h1-32H;1-31H;1-24H. The van der Waals surface area contributed by atoms with Crippen LogP contribution in [0.5, 0.6) is 0 Å². The zero-order valence-corrected chi connectivity index (χ0v) is 81.0. The van der Waals surface area contributed by atoms with E-state index in [9.17, 15) is 0 Å². The summed E-state index contributed by atoms with van der Waals surface area (Å²) in [5, 5.41) is 12.2. The average molecular weight is 1920 g/mol. The van der Waals surface area contributed by atoms with Gasteiger partial charge in [-0.3, -0.25) is 9.97 Å². The van der Waals surface area contributed by atoms with E-state index in [4.69, 9.17) is 54.8 Å². The van der Waals surface area contributed by atoms with Crippen LogP contribution in [0.3, 0.4) is 0 Å². The predicted octanol–water partition coefficient (Wildman–Crippen LogP) is 34.2. The molecule has 10 aromatic heterocycles. The third kappa shape index (κ3) is 18.3. The van der Waals surface area contributed by atoms with E-state index in [1.54, 1.807) is 6.20 Å². The monoisotopic (exact) mass is 1910 g/mol. The highest BCUT2D eigenvalue weighted by Gasteiger charge is 2.21. The van der Waals surface area contributed by atoms with E-state index in [1.165, 1.54) is 21.9 Å². The molecule has 150 heavy (non-hydrogen) atoms. The molecule has 0 spiro atoms. The van der Waals surface area contributed by atoms with E-state index < -0.39 is 0 Å². The number of nitrogens with zero attached hydrogens (tertiary/aromatic N) is 13. The van der Waals surface area contributed by atoms with Gasteiger partial charge in [-0.05, 0) is 151 Å². The van der Waals surface area contributed by atoms with Gasteiger partial charge in [0.2, 0.25) is 0 Å². The van der Waals surface area contributed by atoms with Crippen molar-refractivity contribution in [3.05, 3.63) is 528 Å². The van der Waals surface area contributed by atoms with E-state index >= 15 is 0 Å². The summed E-state index contributed by atoms with van der Waals surface area (Å²) < 4.78 is 0. The number of hydrogen-bond donors (Lipinski definition) is 0. The second kappa shape index (κ2) is 39.7. The molecule has 0 N–H and O–H groups in total. The molecule has 0 unspecified atom stereocenters. The van der Waals surface area contributed by atoms with Crippen molar-refractivity contribution in [2.45, 2.75) is 0 Å². The summed E-state index contributed by atoms with van der Waals surface area (Å²) in [4.78, 5) is 64.3. The first-order valence-corrected chi connectivity index (χ1v) is 50.1. The zero-order chi connectivity index (χ0) is 99.6. The van der Waals surface area contributed by atoms with Gasteiger partial charge in [0.1, 0.15) is 0 Å². The number of hydrogen-bond acceptors (Lipinski definition) is 13. The van der Waals surface area contributed by atoms with Gasteiger partial charge in [0.05, 0.1) is 89.9 Å². The van der Waals surface area contributed by atoms with E-state index in [2.05, 4.69) is 374 Å². The number of fused-ring (bicyclic) bond motifs is 12. The summed E-state index contributed by atoms with van der Waals surface area (Å²) in [6.07, 6.45) is 3.63. The van der Waals surface area contributed by atoms with Gasteiger partial charge in [0.15, 0.2) is 23.3 Å². The second-order valence-corrected chi connectivity index (χ2v) is 37.2. The smallest absolute Gasteiger partial charge is 0.164 e. The van der Waals surface area contributed by atoms with Crippen LogP contribution < -0.4 is 0 Å². The van der Waals surface area contributed by atoms with Crippen molar-refractivity contribution >= 4 is 97.9 Å². The zero-order valence-electron chi connectivity index (χ0n) is 81.0. The first-order chi connectivity index (χ1) is 74.2. The van der Waals surface area contributed by atoms with E-state index in [0.717, 1.165) is 233 Å². The molecule has 0 saturated heterocycles. The maximum absolute atomic E-state index is 5.28. The Morgan fingerprint density at radius 1 is 0.113 bits per heavy atom. The number of benzene rings is 18. The molecule has 0 amide bonds. The molecule has 13 heteroatoms. The van der Waals surface area contributed by atoms with Gasteiger partial charge in [-0.2, -0.15) is 0 Å². The lowest BCUT2D eigenvalue weighted by molar-refractivity contribution is 1.07. The van der Waals surface area contributed by atoms with Crippen LogP contribution in [-0.2, 0) is 0 Å². The third-order valence-corrected chi connectivity index (χ3v) is 27.8. The highest BCUT2D eigenvalue weighted by molar-refractivity contribution is 6.10. The van der Waals surface area contributed by atoms with Gasteiger partial charge < -0.3 is 0 Å². The minimum atomic E-state index is 0.634. The van der Waals surface area contributed by atoms with E-state index in [-0.39, 0.29) is 0 Å². The van der Waals surface area contributed by atoms with Crippen molar-refractivity contribution in [1.29, 1.82) is 0 Å². The maximum Gasteiger partial charge on any atom is 0.164 e. The lowest BCUT2D eigenvalue weighted by Gasteiger charge is -2.13. The molecule has 700 valence electrons. The van der Waals surface area contributed by atoms with Crippen LogP contribution in [-0.4, -0.2) is 64.8 Å². The Morgan fingerprint density at radius 3 is 0.873 bits per heavy atom. The van der Waals surface area contributed by atoms with E-state index in [0.29, 0.717) is 23.3 Å². The van der Waals surface area contributed by atoms with Crippen molar-refractivity contribution in [3.63, 3.8) is 0 Å². The first kappa shape index (κ1) is 89.7. The lowest BCUT2D eigenvalue weighted by Crippen LogP contribution is -2.00. The third-order valence-electron chi connectivity index (χ3n) is 27.8. The van der Waals surface area contributed by atoms with Gasteiger partial charge in [-0.15, -0.1) is 0 Å². The molecule has 0 bridgehead atoms.